The Labute approximate surface area is 151 Å². The number of aryl methyl sites for hydroxylation is 1. The summed E-state index contributed by atoms with van der Waals surface area (Å²) in [5.74, 6) is -0.0554. The average Bonchev–Trinajstić information content (AvgIpc) is 3.14. The minimum Gasteiger partial charge on any atom is -0.329 e. The molecule has 0 bridgehead atoms. The molecule has 1 aromatic carbocycles. The number of thiazole rings is 1. The van der Waals surface area contributed by atoms with Crippen molar-refractivity contribution < 1.29 is 4.79 Å². The minimum atomic E-state index is -0.0554. The molecule has 0 fully saturated rings. The van der Waals surface area contributed by atoms with Gasteiger partial charge in [0, 0.05) is 24.2 Å². The SMILES string of the molecule is Cc1cccc(CN(Cc2ccccn2)C(=O)/C=C\c2cscn2)c1. The van der Waals surface area contributed by atoms with Crippen LogP contribution in [0.15, 0.2) is 65.6 Å². The van der Waals surface area contributed by atoms with E-state index in [1.54, 1.807) is 28.8 Å². The van der Waals surface area contributed by atoms with Crippen LogP contribution >= 0.6 is 11.3 Å². The number of pyridine rings is 1. The number of rotatable bonds is 6. The molecule has 0 aliphatic carbocycles. The van der Waals surface area contributed by atoms with E-state index in [1.807, 2.05) is 35.7 Å². The maximum absolute atomic E-state index is 12.7. The molecule has 126 valence electrons. The maximum Gasteiger partial charge on any atom is 0.247 e. The van der Waals surface area contributed by atoms with E-state index < -0.39 is 0 Å². The smallest absolute Gasteiger partial charge is 0.247 e. The highest BCUT2D eigenvalue weighted by Crippen LogP contribution is 2.12. The molecule has 0 N–H and O–H groups in total. The number of hydrogen-bond acceptors (Lipinski definition) is 4. The zero-order valence-corrected chi connectivity index (χ0v) is 14.8. The molecule has 3 rings (SSSR count). The van der Waals surface area contributed by atoms with E-state index in [1.165, 1.54) is 16.9 Å². The Balaban J connectivity index is 1.79. The van der Waals surface area contributed by atoms with Crippen molar-refractivity contribution in [2.24, 2.45) is 0 Å². The average molecular weight is 349 g/mol. The number of nitrogens with zero attached hydrogens (tertiary/aromatic N) is 3. The Kier molecular flexibility index (Phi) is 5.69. The molecule has 0 radical (unpaired) electrons. The molecular formula is C20H19N3OS. The van der Waals surface area contributed by atoms with Gasteiger partial charge in [0.05, 0.1) is 23.4 Å². The first-order valence-corrected chi connectivity index (χ1v) is 8.95. The molecule has 0 saturated carbocycles. The Morgan fingerprint density at radius 2 is 2.08 bits per heavy atom. The summed E-state index contributed by atoms with van der Waals surface area (Å²) in [6.07, 6.45) is 5.07. The molecule has 0 aliphatic rings. The maximum atomic E-state index is 12.7. The first-order chi connectivity index (χ1) is 12.2. The fourth-order valence-electron chi connectivity index (χ4n) is 2.50. The Morgan fingerprint density at radius 3 is 2.80 bits per heavy atom. The number of hydrogen-bond donors (Lipinski definition) is 0. The summed E-state index contributed by atoms with van der Waals surface area (Å²) in [7, 11) is 0. The van der Waals surface area contributed by atoms with Gasteiger partial charge in [-0.1, -0.05) is 35.9 Å². The normalized spacial score (nSPS) is 10.9. The lowest BCUT2D eigenvalue weighted by Crippen LogP contribution is -2.28. The van der Waals surface area contributed by atoms with E-state index in [0.717, 1.165) is 17.0 Å². The monoisotopic (exact) mass is 349 g/mol. The van der Waals surface area contributed by atoms with Crippen LogP contribution in [0.2, 0.25) is 0 Å². The molecule has 0 unspecified atom stereocenters. The van der Waals surface area contributed by atoms with E-state index in [0.29, 0.717) is 13.1 Å². The highest BCUT2D eigenvalue weighted by atomic mass is 32.1. The van der Waals surface area contributed by atoms with Crippen LogP contribution in [0.1, 0.15) is 22.5 Å². The van der Waals surface area contributed by atoms with Crippen molar-refractivity contribution in [3.05, 3.63) is 88.1 Å². The van der Waals surface area contributed by atoms with Crippen LogP contribution in [-0.4, -0.2) is 20.8 Å². The van der Waals surface area contributed by atoms with Gasteiger partial charge in [-0.3, -0.25) is 9.78 Å². The van der Waals surface area contributed by atoms with Gasteiger partial charge in [-0.25, -0.2) is 4.98 Å². The molecule has 0 aliphatic heterocycles. The molecule has 3 aromatic rings. The van der Waals surface area contributed by atoms with Gasteiger partial charge in [0.2, 0.25) is 5.91 Å². The molecule has 1 amide bonds. The molecular weight excluding hydrogens is 330 g/mol. The third kappa shape index (κ3) is 5.09. The lowest BCUT2D eigenvalue weighted by molar-refractivity contribution is -0.127. The topological polar surface area (TPSA) is 46.1 Å². The zero-order valence-electron chi connectivity index (χ0n) is 14.0. The van der Waals surface area contributed by atoms with E-state index in [2.05, 4.69) is 29.0 Å². The summed E-state index contributed by atoms with van der Waals surface area (Å²) in [5, 5.41) is 1.91. The van der Waals surface area contributed by atoms with Crippen molar-refractivity contribution in [3.8, 4) is 0 Å². The van der Waals surface area contributed by atoms with Crippen molar-refractivity contribution in [1.29, 1.82) is 0 Å². The lowest BCUT2D eigenvalue weighted by Gasteiger charge is -2.21. The van der Waals surface area contributed by atoms with E-state index in [9.17, 15) is 4.79 Å². The number of aromatic nitrogens is 2. The summed E-state index contributed by atoms with van der Waals surface area (Å²) in [5.41, 5.74) is 5.70. The largest absolute Gasteiger partial charge is 0.329 e. The van der Waals surface area contributed by atoms with Crippen LogP contribution in [0.4, 0.5) is 0 Å². The van der Waals surface area contributed by atoms with Gasteiger partial charge in [0.25, 0.3) is 0 Å². The van der Waals surface area contributed by atoms with E-state index in [4.69, 9.17) is 0 Å². The Bertz CT molecular complexity index is 844. The van der Waals surface area contributed by atoms with Gasteiger partial charge in [-0.15, -0.1) is 11.3 Å². The molecule has 5 heteroatoms. The Morgan fingerprint density at radius 1 is 1.16 bits per heavy atom. The van der Waals surface area contributed by atoms with Crippen LogP contribution in [0.5, 0.6) is 0 Å². The second kappa shape index (κ2) is 8.35. The fraction of sp³-hybridized carbons (Fsp3) is 0.150. The van der Waals surface area contributed by atoms with Crippen molar-refractivity contribution >= 4 is 23.3 Å². The third-order valence-electron chi connectivity index (χ3n) is 3.69. The van der Waals surface area contributed by atoms with Crippen LogP contribution in [0, 0.1) is 6.92 Å². The predicted octanol–water partition coefficient (Wildman–Crippen LogP) is 4.09. The fourth-order valence-corrected chi connectivity index (χ4v) is 3.02. The highest BCUT2D eigenvalue weighted by Gasteiger charge is 2.13. The molecule has 0 spiro atoms. The van der Waals surface area contributed by atoms with Crippen LogP contribution in [0.25, 0.3) is 6.08 Å². The summed E-state index contributed by atoms with van der Waals surface area (Å²) in [6, 6.07) is 13.9. The molecule has 0 saturated heterocycles. The summed E-state index contributed by atoms with van der Waals surface area (Å²) >= 11 is 1.51. The Hall–Kier alpha value is -2.79. The molecule has 2 aromatic heterocycles. The quantitative estimate of drug-likeness (QED) is 0.630. The first kappa shape index (κ1) is 17.0. The van der Waals surface area contributed by atoms with Crippen LogP contribution in [0.3, 0.4) is 0 Å². The van der Waals surface area contributed by atoms with Gasteiger partial charge in [0.15, 0.2) is 0 Å². The van der Waals surface area contributed by atoms with Gasteiger partial charge in [0.1, 0.15) is 0 Å². The van der Waals surface area contributed by atoms with Crippen LogP contribution in [-0.2, 0) is 17.9 Å². The van der Waals surface area contributed by atoms with Crippen molar-refractivity contribution in [2.75, 3.05) is 0 Å². The second-order valence-corrected chi connectivity index (χ2v) is 6.47. The number of benzene rings is 1. The molecule has 2 heterocycles. The van der Waals surface area contributed by atoms with Crippen molar-refractivity contribution in [3.63, 3.8) is 0 Å². The highest BCUT2D eigenvalue weighted by molar-refractivity contribution is 7.07. The minimum absolute atomic E-state index is 0.0554. The third-order valence-corrected chi connectivity index (χ3v) is 4.30. The summed E-state index contributed by atoms with van der Waals surface area (Å²) in [6.45, 7) is 3.06. The molecule has 25 heavy (non-hydrogen) atoms. The van der Waals surface area contributed by atoms with Gasteiger partial charge >= 0.3 is 0 Å². The molecule has 4 nitrogen and oxygen atoms in total. The van der Waals surface area contributed by atoms with Gasteiger partial charge in [-0.05, 0) is 30.7 Å². The van der Waals surface area contributed by atoms with Crippen LogP contribution < -0.4 is 0 Å². The van der Waals surface area contributed by atoms with E-state index >= 15 is 0 Å². The number of amides is 1. The number of carbonyl (C=O) groups is 1. The van der Waals surface area contributed by atoms with E-state index in [-0.39, 0.29) is 5.91 Å². The van der Waals surface area contributed by atoms with Crippen molar-refractivity contribution in [2.45, 2.75) is 20.0 Å². The van der Waals surface area contributed by atoms with Gasteiger partial charge in [-0.2, -0.15) is 0 Å². The summed E-state index contributed by atoms with van der Waals surface area (Å²) < 4.78 is 0. The standard InChI is InChI=1S/C20H19N3OS/c1-16-5-4-6-17(11-16)12-23(13-18-7-2-3-10-21-18)20(24)9-8-19-14-25-15-22-19/h2-11,14-15H,12-13H2,1H3/b9-8-. The number of carbonyl (C=O) groups excluding carboxylic acids is 1. The molecule has 0 atom stereocenters. The van der Waals surface area contributed by atoms with Crippen molar-refractivity contribution in [1.82, 2.24) is 14.9 Å². The lowest BCUT2D eigenvalue weighted by atomic mass is 10.1. The second-order valence-electron chi connectivity index (χ2n) is 5.75. The van der Waals surface area contributed by atoms with Gasteiger partial charge < -0.3 is 4.90 Å². The zero-order chi connectivity index (χ0) is 17.5. The predicted molar refractivity (Wildman–Crippen MR) is 101 cm³/mol. The first-order valence-electron chi connectivity index (χ1n) is 8.01. The summed E-state index contributed by atoms with van der Waals surface area (Å²) in [4.78, 5) is 23.0.